The maximum atomic E-state index is 11.9. The third kappa shape index (κ3) is 5.03. The second kappa shape index (κ2) is 8.02. The first-order valence-corrected chi connectivity index (χ1v) is 7.48. The van der Waals surface area contributed by atoms with Crippen molar-refractivity contribution in [2.45, 2.75) is 12.8 Å². The number of non-ortho nitro benzene ring substituents is 1. The molecular formula is C16H15N3O4S. The van der Waals surface area contributed by atoms with Gasteiger partial charge in [-0.05, 0) is 30.3 Å². The van der Waals surface area contributed by atoms with Gasteiger partial charge in [0, 0.05) is 18.6 Å². The second-order valence-corrected chi connectivity index (χ2v) is 5.35. The topological polar surface area (TPSA) is 104 Å². The molecule has 0 saturated carbocycles. The number of benzene rings is 2. The molecule has 0 aliphatic rings. The smallest absolute Gasteiger partial charge is 0.271 e. The van der Waals surface area contributed by atoms with Gasteiger partial charge in [-0.1, -0.05) is 30.3 Å². The molecule has 0 fully saturated rings. The van der Waals surface area contributed by atoms with E-state index >= 15 is 0 Å². The molecule has 0 aromatic heterocycles. The summed E-state index contributed by atoms with van der Waals surface area (Å²) in [4.78, 5) is 22.0. The number of amides is 1. The van der Waals surface area contributed by atoms with E-state index in [0.717, 1.165) is 11.6 Å². The van der Waals surface area contributed by atoms with Gasteiger partial charge in [-0.2, -0.15) is 0 Å². The zero-order valence-electron chi connectivity index (χ0n) is 12.6. The molecule has 2 rings (SSSR count). The van der Waals surface area contributed by atoms with E-state index in [9.17, 15) is 20.0 Å². The van der Waals surface area contributed by atoms with E-state index in [1.165, 1.54) is 12.1 Å². The number of rotatable bonds is 5. The van der Waals surface area contributed by atoms with Crippen LogP contribution in [-0.4, -0.2) is 21.0 Å². The molecule has 1 amide bonds. The van der Waals surface area contributed by atoms with Gasteiger partial charge in [0.2, 0.25) is 5.91 Å². The van der Waals surface area contributed by atoms with Crippen molar-refractivity contribution >= 4 is 34.6 Å². The summed E-state index contributed by atoms with van der Waals surface area (Å²) in [5, 5.41) is 25.5. The predicted octanol–water partition coefficient (Wildman–Crippen LogP) is 2.75. The molecule has 0 spiro atoms. The van der Waals surface area contributed by atoms with Crippen LogP contribution in [0.4, 0.5) is 11.4 Å². The van der Waals surface area contributed by atoms with Crippen LogP contribution >= 0.6 is 12.2 Å². The Morgan fingerprint density at radius 2 is 1.92 bits per heavy atom. The van der Waals surface area contributed by atoms with Gasteiger partial charge in [0.15, 0.2) is 5.11 Å². The summed E-state index contributed by atoms with van der Waals surface area (Å²) >= 11 is 4.99. The number of phenolic OH excluding ortho intramolecular Hbond substituents is 1. The third-order valence-corrected chi connectivity index (χ3v) is 3.38. The number of nitro benzene ring substituents is 1. The van der Waals surface area contributed by atoms with Crippen molar-refractivity contribution in [2.75, 3.05) is 5.32 Å². The lowest BCUT2D eigenvalue weighted by Gasteiger charge is -2.10. The average Bonchev–Trinajstić information content (AvgIpc) is 2.55. The number of nitro groups is 1. The lowest BCUT2D eigenvalue weighted by Crippen LogP contribution is -2.34. The summed E-state index contributed by atoms with van der Waals surface area (Å²) in [6.45, 7) is 0. The van der Waals surface area contributed by atoms with Gasteiger partial charge in [0.05, 0.1) is 10.6 Å². The Balaban J connectivity index is 1.90. The molecule has 124 valence electrons. The molecule has 8 heteroatoms. The average molecular weight is 345 g/mol. The van der Waals surface area contributed by atoms with Crippen LogP contribution in [-0.2, 0) is 11.2 Å². The van der Waals surface area contributed by atoms with E-state index in [-0.39, 0.29) is 34.6 Å². The fourth-order valence-corrected chi connectivity index (χ4v) is 2.21. The first-order chi connectivity index (χ1) is 11.5. The molecule has 0 unspecified atom stereocenters. The van der Waals surface area contributed by atoms with Crippen LogP contribution in [0.3, 0.4) is 0 Å². The number of nitrogens with zero attached hydrogens (tertiary/aromatic N) is 1. The number of nitrogens with one attached hydrogen (secondary N) is 2. The molecule has 0 aliphatic carbocycles. The van der Waals surface area contributed by atoms with Crippen molar-refractivity contribution < 1.29 is 14.8 Å². The fraction of sp³-hybridized carbons (Fsp3) is 0.125. The quantitative estimate of drug-likeness (QED) is 0.333. The molecule has 7 nitrogen and oxygen atoms in total. The van der Waals surface area contributed by atoms with Gasteiger partial charge in [-0.25, -0.2) is 0 Å². The number of hydrogen-bond acceptors (Lipinski definition) is 5. The molecule has 2 aromatic rings. The van der Waals surface area contributed by atoms with E-state index in [1.54, 1.807) is 0 Å². The van der Waals surface area contributed by atoms with E-state index in [1.807, 2.05) is 30.3 Å². The van der Waals surface area contributed by atoms with Gasteiger partial charge >= 0.3 is 0 Å². The van der Waals surface area contributed by atoms with Gasteiger partial charge in [0.25, 0.3) is 5.69 Å². The predicted molar refractivity (Wildman–Crippen MR) is 93.9 cm³/mol. The molecule has 0 radical (unpaired) electrons. The summed E-state index contributed by atoms with van der Waals surface area (Å²) in [5.74, 6) is -0.497. The van der Waals surface area contributed by atoms with Crippen LogP contribution in [0.15, 0.2) is 48.5 Å². The van der Waals surface area contributed by atoms with E-state index < -0.39 is 4.92 Å². The normalized spacial score (nSPS) is 10.0. The standard InChI is InChI=1S/C16H15N3O4S/c20-14-8-7-12(19(22)23)10-13(14)17-16(24)18-15(21)9-6-11-4-2-1-3-5-11/h1-5,7-8,10,20H,6,9H2,(H2,17,18,21,24). The Labute approximate surface area is 143 Å². The van der Waals surface area contributed by atoms with Crippen LogP contribution in [0.2, 0.25) is 0 Å². The van der Waals surface area contributed by atoms with Gasteiger partial charge in [0.1, 0.15) is 5.75 Å². The van der Waals surface area contributed by atoms with E-state index in [0.29, 0.717) is 6.42 Å². The van der Waals surface area contributed by atoms with Crippen molar-refractivity contribution in [3.8, 4) is 5.75 Å². The summed E-state index contributed by atoms with van der Waals surface area (Å²) in [6, 6.07) is 13.0. The SMILES string of the molecule is O=C(CCc1ccccc1)NC(=S)Nc1cc([N+](=O)[O-])ccc1O. The lowest BCUT2D eigenvalue weighted by molar-refractivity contribution is -0.384. The van der Waals surface area contributed by atoms with Crippen LogP contribution in [0.5, 0.6) is 5.75 Å². The van der Waals surface area contributed by atoms with Gasteiger partial charge < -0.3 is 15.7 Å². The monoisotopic (exact) mass is 345 g/mol. The van der Waals surface area contributed by atoms with Crippen LogP contribution < -0.4 is 10.6 Å². The highest BCUT2D eigenvalue weighted by Gasteiger charge is 2.12. The number of aryl methyl sites for hydroxylation is 1. The molecule has 0 heterocycles. The summed E-state index contributed by atoms with van der Waals surface area (Å²) in [6.07, 6.45) is 0.810. The van der Waals surface area contributed by atoms with Crippen LogP contribution in [0.1, 0.15) is 12.0 Å². The molecule has 0 saturated heterocycles. The third-order valence-electron chi connectivity index (χ3n) is 3.18. The summed E-state index contributed by atoms with van der Waals surface area (Å²) in [5.41, 5.74) is 0.883. The van der Waals surface area contributed by atoms with Gasteiger partial charge in [-0.3, -0.25) is 14.9 Å². The zero-order chi connectivity index (χ0) is 17.5. The minimum Gasteiger partial charge on any atom is -0.506 e. The Hall–Kier alpha value is -3.00. The minimum absolute atomic E-state index is 0.0381. The summed E-state index contributed by atoms with van der Waals surface area (Å²) in [7, 11) is 0. The maximum Gasteiger partial charge on any atom is 0.271 e. The van der Waals surface area contributed by atoms with Crippen molar-refractivity contribution in [1.29, 1.82) is 0 Å². The largest absolute Gasteiger partial charge is 0.506 e. The molecule has 24 heavy (non-hydrogen) atoms. The highest BCUT2D eigenvalue weighted by atomic mass is 32.1. The summed E-state index contributed by atoms with van der Waals surface area (Å²) < 4.78 is 0. The number of thiocarbonyl (C=S) groups is 1. The lowest BCUT2D eigenvalue weighted by atomic mass is 10.1. The Morgan fingerprint density at radius 3 is 2.58 bits per heavy atom. The second-order valence-electron chi connectivity index (χ2n) is 4.95. The maximum absolute atomic E-state index is 11.9. The molecule has 0 bridgehead atoms. The number of carbonyl (C=O) groups is 1. The van der Waals surface area contributed by atoms with Crippen molar-refractivity contribution in [2.24, 2.45) is 0 Å². The number of phenols is 1. The Bertz CT molecular complexity index is 765. The highest BCUT2D eigenvalue weighted by Crippen LogP contribution is 2.27. The van der Waals surface area contributed by atoms with Crippen LogP contribution in [0.25, 0.3) is 0 Å². The highest BCUT2D eigenvalue weighted by molar-refractivity contribution is 7.80. The zero-order valence-corrected chi connectivity index (χ0v) is 13.4. The van der Waals surface area contributed by atoms with E-state index in [2.05, 4.69) is 10.6 Å². The first kappa shape index (κ1) is 17.4. The molecule has 3 N–H and O–H groups in total. The van der Waals surface area contributed by atoms with Crippen LogP contribution in [0, 0.1) is 10.1 Å². The van der Waals surface area contributed by atoms with Crippen molar-refractivity contribution in [3.05, 3.63) is 64.2 Å². The fourth-order valence-electron chi connectivity index (χ4n) is 1.98. The number of aromatic hydroxyl groups is 1. The Morgan fingerprint density at radius 1 is 1.21 bits per heavy atom. The first-order valence-electron chi connectivity index (χ1n) is 7.08. The number of carbonyl (C=O) groups excluding carboxylic acids is 1. The molecule has 0 atom stereocenters. The molecule has 2 aromatic carbocycles. The number of anilines is 1. The van der Waals surface area contributed by atoms with E-state index in [4.69, 9.17) is 12.2 Å². The number of hydrogen-bond donors (Lipinski definition) is 3. The molecular weight excluding hydrogens is 330 g/mol. The minimum atomic E-state index is -0.591. The Kier molecular flexibility index (Phi) is 5.80. The van der Waals surface area contributed by atoms with Crippen molar-refractivity contribution in [1.82, 2.24) is 5.32 Å². The van der Waals surface area contributed by atoms with Crippen molar-refractivity contribution in [3.63, 3.8) is 0 Å². The molecule has 0 aliphatic heterocycles. The van der Waals surface area contributed by atoms with Gasteiger partial charge in [-0.15, -0.1) is 0 Å².